The van der Waals surface area contributed by atoms with Crippen LogP contribution in [0, 0.1) is 6.92 Å². The van der Waals surface area contributed by atoms with E-state index in [4.69, 9.17) is 0 Å². The van der Waals surface area contributed by atoms with Gasteiger partial charge >= 0.3 is 0 Å². The Bertz CT molecular complexity index is 672. The lowest BCUT2D eigenvalue weighted by Gasteiger charge is -2.09. The Morgan fingerprint density at radius 2 is 2.17 bits per heavy atom. The predicted molar refractivity (Wildman–Crippen MR) is 72.4 cm³/mol. The molecule has 0 fully saturated rings. The van der Waals surface area contributed by atoms with E-state index in [0.29, 0.717) is 0 Å². The SMILES string of the molecule is Cc1ccncc1CNc1cccc2[nH]ncc12. The van der Waals surface area contributed by atoms with Gasteiger partial charge in [0, 0.05) is 30.0 Å². The molecule has 90 valence electrons. The van der Waals surface area contributed by atoms with Gasteiger partial charge in [-0.15, -0.1) is 0 Å². The fourth-order valence-corrected chi connectivity index (χ4v) is 1.99. The van der Waals surface area contributed by atoms with Crippen LogP contribution in [-0.2, 0) is 6.54 Å². The Labute approximate surface area is 105 Å². The maximum absolute atomic E-state index is 4.15. The van der Waals surface area contributed by atoms with E-state index in [1.807, 2.05) is 36.8 Å². The van der Waals surface area contributed by atoms with Gasteiger partial charge in [0.2, 0.25) is 0 Å². The van der Waals surface area contributed by atoms with Crippen LogP contribution in [0.15, 0.2) is 42.9 Å². The quantitative estimate of drug-likeness (QED) is 0.737. The molecule has 4 nitrogen and oxygen atoms in total. The van der Waals surface area contributed by atoms with Gasteiger partial charge in [-0.3, -0.25) is 10.1 Å². The zero-order valence-electron chi connectivity index (χ0n) is 10.1. The molecule has 0 saturated heterocycles. The molecule has 0 radical (unpaired) electrons. The molecular weight excluding hydrogens is 224 g/mol. The van der Waals surface area contributed by atoms with E-state index in [2.05, 4.69) is 33.5 Å². The summed E-state index contributed by atoms with van der Waals surface area (Å²) in [5, 5.41) is 11.6. The average Bonchev–Trinajstić information content (AvgIpc) is 2.86. The number of pyridine rings is 1. The van der Waals surface area contributed by atoms with Crippen LogP contribution in [0.1, 0.15) is 11.1 Å². The van der Waals surface area contributed by atoms with Gasteiger partial charge < -0.3 is 5.32 Å². The monoisotopic (exact) mass is 238 g/mol. The van der Waals surface area contributed by atoms with Crippen molar-refractivity contribution in [2.24, 2.45) is 0 Å². The maximum atomic E-state index is 4.15. The lowest BCUT2D eigenvalue weighted by Crippen LogP contribution is -2.01. The highest BCUT2D eigenvalue weighted by Crippen LogP contribution is 2.21. The number of fused-ring (bicyclic) bond motifs is 1. The second kappa shape index (κ2) is 4.49. The second-order valence-corrected chi connectivity index (χ2v) is 4.29. The smallest absolute Gasteiger partial charge is 0.0671 e. The minimum absolute atomic E-state index is 0.768. The Balaban J connectivity index is 1.85. The largest absolute Gasteiger partial charge is 0.380 e. The van der Waals surface area contributed by atoms with E-state index in [1.54, 1.807) is 0 Å². The van der Waals surface area contributed by atoms with Crippen molar-refractivity contribution in [3.8, 4) is 0 Å². The first-order chi connectivity index (χ1) is 8.84. The normalized spacial score (nSPS) is 10.7. The molecule has 1 aromatic carbocycles. The molecule has 2 heterocycles. The van der Waals surface area contributed by atoms with Gasteiger partial charge in [-0.05, 0) is 36.2 Å². The van der Waals surface area contributed by atoms with Crippen molar-refractivity contribution in [2.45, 2.75) is 13.5 Å². The number of nitrogens with zero attached hydrogens (tertiary/aromatic N) is 2. The van der Waals surface area contributed by atoms with Crippen molar-refractivity contribution in [1.29, 1.82) is 0 Å². The Morgan fingerprint density at radius 1 is 1.22 bits per heavy atom. The third-order valence-electron chi connectivity index (χ3n) is 3.10. The van der Waals surface area contributed by atoms with Crippen molar-refractivity contribution < 1.29 is 0 Å². The number of H-pyrrole nitrogens is 1. The first-order valence-electron chi connectivity index (χ1n) is 5.90. The van der Waals surface area contributed by atoms with Gasteiger partial charge in [-0.25, -0.2) is 0 Å². The molecule has 0 bridgehead atoms. The zero-order chi connectivity index (χ0) is 12.4. The molecule has 0 amide bonds. The van der Waals surface area contributed by atoms with Crippen LogP contribution in [0.25, 0.3) is 10.9 Å². The predicted octanol–water partition coefficient (Wildman–Crippen LogP) is 2.88. The number of hydrogen-bond acceptors (Lipinski definition) is 3. The van der Waals surface area contributed by atoms with E-state index in [9.17, 15) is 0 Å². The van der Waals surface area contributed by atoms with Gasteiger partial charge in [-0.1, -0.05) is 6.07 Å². The first-order valence-corrected chi connectivity index (χ1v) is 5.90. The minimum Gasteiger partial charge on any atom is -0.380 e. The Morgan fingerprint density at radius 3 is 3.06 bits per heavy atom. The summed E-state index contributed by atoms with van der Waals surface area (Å²) in [7, 11) is 0. The summed E-state index contributed by atoms with van der Waals surface area (Å²) < 4.78 is 0. The number of aromatic amines is 1. The van der Waals surface area contributed by atoms with Gasteiger partial charge in [0.15, 0.2) is 0 Å². The third-order valence-corrected chi connectivity index (χ3v) is 3.10. The average molecular weight is 238 g/mol. The van der Waals surface area contributed by atoms with Crippen molar-refractivity contribution >= 4 is 16.6 Å². The van der Waals surface area contributed by atoms with Crippen LogP contribution in [0.5, 0.6) is 0 Å². The highest BCUT2D eigenvalue weighted by Gasteiger charge is 2.03. The van der Waals surface area contributed by atoms with Crippen LogP contribution >= 0.6 is 0 Å². The molecule has 3 rings (SSSR count). The molecule has 3 aromatic rings. The number of anilines is 1. The summed E-state index contributed by atoms with van der Waals surface area (Å²) in [6.45, 7) is 2.86. The fraction of sp³-hybridized carbons (Fsp3) is 0.143. The first kappa shape index (κ1) is 10.8. The number of aryl methyl sites for hydroxylation is 1. The second-order valence-electron chi connectivity index (χ2n) is 4.29. The summed E-state index contributed by atoms with van der Waals surface area (Å²) in [5.41, 5.74) is 4.59. The number of benzene rings is 1. The van der Waals surface area contributed by atoms with Crippen LogP contribution in [-0.4, -0.2) is 15.2 Å². The molecule has 2 aromatic heterocycles. The molecule has 0 aliphatic rings. The van der Waals surface area contributed by atoms with Crippen LogP contribution in [0.3, 0.4) is 0 Å². The molecule has 0 atom stereocenters. The van der Waals surface area contributed by atoms with Crippen LogP contribution in [0.2, 0.25) is 0 Å². The van der Waals surface area contributed by atoms with E-state index in [1.165, 1.54) is 11.1 Å². The Hall–Kier alpha value is -2.36. The van der Waals surface area contributed by atoms with Crippen molar-refractivity contribution in [2.75, 3.05) is 5.32 Å². The van der Waals surface area contributed by atoms with Gasteiger partial charge in [0.1, 0.15) is 0 Å². The Kier molecular flexibility index (Phi) is 2.68. The molecule has 0 unspecified atom stereocenters. The van der Waals surface area contributed by atoms with Gasteiger partial charge in [0.05, 0.1) is 11.7 Å². The van der Waals surface area contributed by atoms with Gasteiger partial charge in [0.25, 0.3) is 0 Å². The lowest BCUT2D eigenvalue weighted by atomic mass is 10.1. The van der Waals surface area contributed by atoms with E-state index in [-0.39, 0.29) is 0 Å². The standard InChI is InChI=1S/C14H14N4/c1-10-5-6-15-7-11(10)8-16-13-3-2-4-14-12(13)9-17-18-14/h2-7,9,16H,8H2,1H3,(H,17,18). The number of aromatic nitrogens is 3. The van der Waals surface area contributed by atoms with E-state index in [0.717, 1.165) is 23.1 Å². The topological polar surface area (TPSA) is 53.6 Å². The molecule has 0 aliphatic carbocycles. The molecule has 0 saturated carbocycles. The molecular formula is C14H14N4. The minimum atomic E-state index is 0.768. The number of hydrogen-bond donors (Lipinski definition) is 2. The summed E-state index contributed by atoms with van der Waals surface area (Å²) in [4.78, 5) is 4.15. The van der Waals surface area contributed by atoms with Crippen LogP contribution in [0.4, 0.5) is 5.69 Å². The van der Waals surface area contributed by atoms with Gasteiger partial charge in [-0.2, -0.15) is 5.10 Å². The lowest BCUT2D eigenvalue weighted by molar-refractivity contribution is 1.08. The van der Waals surface area contributed by atoms with E-state index < -0.39 is 0 Å². The maximum Gasteiger partial charge on any atom is 0.0671 e. The molecule has 2 N–H and O–H groups in total. The van der Waals surface area contributed by atoms with Crippen molar-refractivity contribution in [1.82, 2.24) is 15.2 Å². The highest BCUT2D eigenvalue weighted by atomic mass is 15.1. The van der Waals surface area contributed by atoms with Crippen molar-refractivity contribution in [3.05, 3.63) is 54.0 Å². The van der Waals surface area contributed by atoms with Crippen LogP contribution < -0.4 is 5.32 Å². The van der Waals surface area contributed by atoms with E-state index >= 15 is 0 Å². The highest BCUT2D eigenvalue weighted by molar-refractivity contribution is 5.90. The number of nitrogens with one attached hydrogen (secondary N) is 2. The van der Waals surface area contributed by atoms with Crippen molar-refractivity contribution in [3.63, 3.8) is 0 Å². The zero-order valence-corrected chi connectivity index (χ0v) is 10.1. The number of rotatable bonds is 3. The molecule has 0 spiro atoms. The summed E-state index contributed by atoms with van der Waals surface area (Å²) in [6.07, 6.45) is 5.56. The fourth-order valence-electron chi connectivity index (χ4n) is 1.99. The molecule has 0 aliphatic heterocycles. The molecule has 4 heteroatoms. The molecule has 18 heavy (non-hydrogen) atoms. The summed E-state index contributed by atoms with van der Waals surface area (Å²) >= 11 is 0. The third kappa shape index (κ3) is 1.93. The summed E-state index contributed by atoms with van der Waals surface area (Å²) in [5.74, 6) is 0. The summed E-state index contributed by atoms with van der Waals surface area (Å²) in [6, 6.07) is 8.11.